The van der Waals surface area contributed by atoms with Crippen LogP contribution in [0.25, 0.3) is 34.7 Å². The number of amides is 4. The van der Waals surface area contributed by atoms with Crippen molar-refractivity contribution in [2.24, 2.45) is 23.7 Å². The number of H-pyrrole nitrogens is 2. The first-order valence-electron chi connectivity index (χ1n) is 21.3. The lowest BCUT2D eigenvalue weighted by Crippen LogP contribution is -2.54. The quantitative estimate of drug-likeness (QED) is 0.106. The Kier molecular flexibility index (Phi) is 11.6. The molecule has 14 heteroatoms. The largest absolute Gasteiger partial charge is 0.453 e. The third-order valence-corrected chi connectivity index (χ3v) is 13.1. The second-order valence-corrected chi connectivity index (χ2v) is 17.5. The van der Waals surface area contributed by atoms with Crippen molar-refractivity contribution in [3.63, 3.8) is 0 Å². The maximum absolute atomic E-state index is 13.9. The molecule has 2 saturated heterocycles. The molecule has 4 aromatic rings. The van der Waals surface area contributed by atoms with Crippen molar-refractivity contribution in [2.45, 2.75) is 102 Å². The Balaban J connectivity index is 0.913. The monoisotopic (exact) mass is 816 g/mol. The van der Waals surface area contributed by atoms with E-state index >= 15 is 0 Å². The number of hydrogen-bond acceptors (Lipinski definition) is 8. The van der Waals surface area contributed by atoms with Crippen LogP contribution in [0.4, 0.5) is 9.59 Å². The van der Waals surface area contributed by atoms with E-state index < -0.39 is 24.3 Å². The normalized spacial score (nSPS) is 24.1. The summed E-state index contributed by atoms with van der Waals surface area (Å²) < 4.78 is 9.63. The first kappa shape index (κ1) is 40.8. The molecule has 4 bridgehead atoms. The third kappa shape index (κ3) is 7.91. The van der Waals surface area contributed by atoms with E-state index in [-0.39, 0.29) is 47.8 Å². The lowest BCUT2D eigenvalue weighted by atomic mass is 9.95. The Morgan fingerprint density at radius 2 is 1.02 bits per heavy atom. The van der Waals surface area contributed by atoms with Crippen LogP contribution < -0.4 is 10.6 Å². The molecule has 4 amide bonds. The number of alkyl carbamates (subject to hydrolysis) is 2. The molecule has 8 atom stereocenters. The van der Waals surface area contributed by atoms with Crippen LogP contribution >= 0.6 is 0 Å². The van der Waals surface area contributed by atoms with Gasteiger partial charge in [0.1, 0.15) is 23.7 Å². The van der Waals surface area contributed by atoms with Crippen molar-refractivity contribution in [1.82, 2.24) is 40.4 Å². The maximum atomic E-state index is 13.9. The van der Waals surface area contributed by atoms with Gasteiger partial charge in [0.15, 0.2) is 0 Å². The summed E-state index contributed by atoms with van der Waals surface area (Å²) in [5, 5.41) is 5.51. The highest BCUT2D eigenvalue weighted by molar-refractivity contribution is 5.88. The Morgan fingerprint density at radius 1 is 0.633 bits per heavy atom. The van der Waals surface area contributed by atoms with Crippen LogP contribution in [-0.4, -0.2) is 92.1 Å². The highest BCUT2D eigenvalue weighted by Gasteiger charge is 2.53. The SMILES string of the molecule is COC(=O)N[C@H](C(=O)N1C2CCC(C2)[C@H]1c1ncc(-c2ccc(/C=C/c3ccc(-c4cnc([C@@H]5C6CCC(C6)N5C(=O)[C@@H](NC(=O)OC)C(C)C)[nH]4)cc3)cc2)[nH]1)C(C)C. The first-order valence-corrected chi connectivity index (χ1v) is 21.3. The number of piperidine rings is 2. The van der Waals surface area contributed by atoms with Crippen molar-refractivity contribution in [3.8, 4) is 22.5 Å². The molecule has 2 saturated carbocycles. The van der Waals surface area contributed by atoms with Crippen molar-refractivity contribution in [3.05, 3.63) is 83.7 Å². The average Bonchev–Trinajstić information content (AvgIpc) is 4.13. The highest BCUT2D eigenvalue weighted by Crippen LogP contribution is 2.51. The molecule has 8 rings (SSSR count). The van der Waals surface area contributed by atoms with Crippen LogP contribution in [0, 0.1) is 23.7 Å². The predicted molar refractivity (Wildman–Crippen MR) is 227 cm³/mol. The van der Waals surface area contributed by atoms with Crippen molar-refractivity contribution in [1.29, 1.82) is 0 Å². The zero-order valence-corrected chi connectivity index (χ0v) is 35.2. The molecule has 4 unspecified atom stereocenters. The topological polar surface area (TPSA) is 175 Å². The number of likely N-dealkylation sites (tertiary alicyclic amines) is 2. The number of imidazole rings is 2. The number of carbonyl (C=O) groups excluding carboxylic acids is 4. The lowest BCUT2D eigenvalue weighted by Gasteiger charge is -2.37. The number of rotatable bonds is 12. The zero-order chi connectivity index (χ0) is 42.2. The molecule has 14 nitrogen and oxygen atoms in total. The van der Waals surface area contributed by atoms with Crippen molar-refractivity contribution in [2.75, 3.05) is 14.2 Å². The van der Waals surface area contributed by atoms with Gasteiger partial charge in [-0.1, -0.05) is 88.4 Å². The Hall–Kier alpha value is -5.92. The van der Waals surface area contributed by atoms with Gasteiger partial charge in [0.25, 0.3) is 0 Å². The van der Waals surface area contributed by atoms with Crippen LogP contribution in [-0.2, 0) is 19.1 Å². The molecule has 4 N–H and O–H groups in total. The molecule has 2 aromatic heterocycles. The number of aromatic amines is 2. The molecule has 4 heterocycles. The standard InChI is InChI=1S/C46H56N8O6/c1-25(2)37(51-45(57)59-5)43(55)53-33-19-17-31(21-33)39(53)41-47-23-35(49-41)29-13-9-27(10-14-29)7-8-28-11-15-30(16-12-28)36-24-48-42(50-36)40-32-18-20-34(22-32)54(40)44(56)38(26(3)4)52-46(58)60-6/h7-16,23-26,31-34,37-40H,17-22H2,1-6H3,(H,47,49)(H,48,50)(H,51,57)(H,52,58)/b8-7+/t31?,32?,33?,34?,37-,38-,39-,40-/m0/s1. The highest BCUT2D eigenvalue weighted by atomic mass is 16.5. The number of nitrogens with zero attached hydrogens (tertiary/aromatic N) is 4. The summed E-state index contributed by atoms with van der Waals surface area (Å²) in [6, 6.07) is 15.1. The summed E-state index contributed by atoms with van der Waals surface area (Å²) in [4.78, 5) is 72.5. The molecule has 60 heavy (non-hydrogen) atoms. The van der Waals surface area contributed by atoms with Crippen molar-refractivity contribution >= 4 is 36.2 Å². The van der Waals surface area contributed by atoms with Gasteiger partial charge in [-0.25, -0.2) is 19.6 Å². The molecular formula is C46H56N8O6. The molecule has 0 spiro atoms. The van der Waals surface area contributed by atoms with Crippen LogP contribution in [0.5, 0.6) is 0 Å². The number of fused-ring (bicyclic) bond motifs is 4. The fraction of sp³-hybridized carbons (Fsp3) is 0.478. The fourth-order valence-corrected chi connectivity index (χ4v) is 10.0. The van der Waals surface area contributed by atoms with Gasteiger partial charge in [-0.05, 0) is 84.5 Å². The minimum absolute atomic E-state index is 0.0906. The average molecular weight is 817 g/mol. The van der Waals surface area contributed by atoms with Crippen LogP contribution in [0.2, 0.25) is 0 Å². The Morgan fingerprint density at radius 3 is 1.37 bits per heavy atom. The van der Waals surface area contributed by atoms with Gasteiger partial charge in [0.05, 0.1) is 50.1 Å². The number of ether oxygens (including phenoxy) is 2. The van der Waals surface area contributed by atoms with E-state index in [1.807, 2.05) is 49.9 Å². The van der Waals surface area contributed by atoms with Gasteiger partial charge in [-0.3, -0.25) is 9.59 Å². The summed E-state index contributed by atoms with van der Waals surface area (Å²) in [7, 11) is 2.61. The van der Waals surface area contributed by atoms with E-state index in [1.54, 1.807) is 0 Å². The Labute approximate surface area is 350 Å². The van der Waals surface area contributed by atoms with E-state index in [4.69, 9.17) is 19.4 Å². The smallest absolute Gasteiger partial charge is 0.407 e. The van der Waals surface area contributed by atoms with Crippen molar-refractivity contribution < 1.29 is 28.7 Å². The third-order valence-electron chi connectivity index (χ3n) is 13.1. The molecule has 316 valence electrons. The molecular weight excluding hydrogens is 761 g/mol. The number of methoxy groups -OCH3 is 2. The maximum Gasteiger partial charge on any atom is 0.407 e. The van der Waals surface area contributed by atoms with E-state index in [2.05, 4.69) is 81.3 Å². The van der Waals surface area contributed by atoms with Crippen LogP contribution in [0.15, 0.2) is 60.9 Å². The van der Waals surface area contributed by atoms with Gasteiger partial charge in [0, 0.05) is 12.1 Å². The number of aromatic nitrogens is 4. The molecule has 0 radical (unpaired) electrons. The van der Waals surface area contributed by atoms with Gasteiger partial charge in [-0.2, -0.15) is 0 Å². The summed E-state index contributed by atoms with van der Waals surface area (Å²) in [5.41, 5.74) is 5.87. The summed E-state index contributed by atoms with van der Waals surface area (Å²) in [5.74, 6) is 1.81. The van der Waals surface area contributed by atoms with E-state index in [0.717, 1.165) is 83.8 Å². The summed E-state index contributed by atoms with van der Waals surface area (Å²) in [6.45, 7) is 7.71. The molecule has 2 aliphatic carbocycles. The minimum Gasteiger partial charge on any atom is -0.453 e. The fourth-order valence-electron chi connectivity index (χ4n) is 10.0. The summed E-state index contributed by atoms with van der Waals surface area (Å²) >= 11 is 0. The van der Waals surface area contributed by atoms with Gasteiger partial charge < -0.3 is 39.9 Å². The molecule has 4 aliphatic rings. The Bertz CT molecular complexity index is 2070. The first-order chi connectivity index (χ1) is 28.9. The number of nitrogens with one attached hydrogen (secondary N) is 4. The second kappa shape index (κ2) is 17.0. The van der Waals surface area contributed by atoms with E-state index in [9.17, 15) is 19.2 Å². The second-order valence-electron chi connectivity index (χ2n) is 17.5. The number of hydrogen-bond donors (Lipinski definition) is 4. The molecule has 2 aliphatic heterocycles. The zero-order valence-electron chi connectivity index (χ0n) is 35.2. The van der Waals surface area contributed by atoms with E-state index in [0.29, 0.717) is 11.8 Å². The summed E-state index contributed by atoms with van der Waals surface area (Å²) in [6.07, 6.45) is 12.5. The van der Waals surface area contributed by atoms with Gasteiger partial charge in [-0.15, -0.1) is 0 Å². The number of carbonyl (C=O) groups is 4. The molecule has 2 aromatic carbocycles. The number of benzene rings is 2. The van der Waals surface area contributed by atoms with E-state index in [1.165, 1.54) is 14.2 Å². The predicted octanol–water partition coefficient (Wildman–Crippen LogP) is 7.50. The lowest BCUT2D eigenvalue weighted by molar-refractivity contribution is -0.140. The van der Waals surface area contributed by atoms with Crippen LogP contribution in [0.3, 0.4) is 0 Å². The molecule has 4 fully saturated rings. The van der Waals surface area contributed by atoms with Gasteiger partial charge in [0.2, 0.25) is 11.8 Å². The minimum atomic E-state index is -0.677. The van der Waals surface area contributed by atoms with Crippen LogP contribution in [0.1, 0.15) is 101 Å². The van der Waals surface area contributed by atoms with Gasteiger partial charge >= 0.3 is 12.2 Å².